The Morgan fingerprint density at radius 1 is 1.32 bits per heavy atom. The second kappa shape index (κ2) is 7.68. The van der Waals surface area contributed by atoms with Gasteiger partial charge in [0.15, 0.2) is 0 Å². The molecule has 2 rings (SSSR count). The molecule has 6 nitrogen and oxygen atoms in total. The fourth-order valence-corrected chi connectivity index (χ4v) is 2.38. The van der Waals surface area contributed by atoms with Crippen molar-refractivity contribution in [2.24, 2.45) is 5.73 Å². The SMILES string of the molecule is CC(NC(=O)N(S)c1ccc(C(N)=O)c(C#N)c1)c1cccc(F)c1. The molecule has 25 heavy (non-hydrogen) atoms. The van der Waals surface area contributed by atoms with Crippen molar-refractivity contribution in [1.29, 1.82) is 5.26 Å². The van der Waals surface area contributed by atoms with E-state index in [0.717, 1.165) is 4.31 Å². The predicted octanol–water partition coefficient (Wildman–Crippen LogP) is 2.92. The first-order chi connectivity index (χ1) is 11.8. The first-order valence-electron chi connectivity index (χ1n) is 7.22. The number of anilines is 1. The number of benzene rings is 2. The summed E-state index contributed by atoms with van der Waals surface area (Å²) in [5.74, 6) is -1.14. The summed E-state index contributed by atoms with van der Waals surface area (Å²) < 4.78 is 14.3. The summed E-state index contributed by atoms with van der Waals surface area (Å²) in [6.45, 7) is 1.70. The summed E-state index contributed by atoms with van der Waals surface area (Å²) in [5, 5.41) is 11.8. The van der Waals surface area contributed by atoms with Crippen molar-refractivity contribution in [2.75, 3.05) is 4.31 Å². The van der Waals surface area contributed by atoms with E-state index in [1.165, 1.54) is 30.3 Å². The molecular formula is C17H15FN4O2S. The van der Waals surface area contributed by atoms with Gasteiger partial charge in [-0.15, -0.1) is 0 Å². The number of hydrogen-bond acceptors (Lipinski definition) is 4. The Morgan fingerprint density at radius 2 is 2.04 bits per heavy atom. The highest BCUT2D eigenvalue weighted by atomic mass is 32.1. The maximum absolute atomic E-state index is 13.3. The van der Waals surface area contributed by atoms with Gasteiger partial charge in [-0.2, -0.15) is 5.26 Å². The monoisotopic (exact) mass is 358 g/mol. The Balaban J connectivity index is 2.17. The van der Waals surface area contributed by atoms with E-state index in [-0.39, 0.29) is 16.8 Å². The maximum atomic E-state index is 13.3. The molecule has 0 heterocycles. The number of rotatable bonds is 4. The third-order valence-electron chi connectivity index (χ3n) is 3.51. The Kier molecular flexibility index (Phi) is 5.62. The molecule has 128 valence electrons. The van der Waals surface area contributed by atoms with Crippen LogP contribution in [0.25, 0.3) is 0 Å². The van der Waals surface area contributed by atoms with Crippen LogP contribution in [-0.2, 0) is 0 Å². The molecule has 0 saturated heterocycles. The first-order valence-corrected chi connectivity index (χ1v) is 7.62. The molecule has 1 atom stereocenters. The number of thiol groups is 1. The van der Waals surface area contributed by atoms with Crippen LogP contribution in [0.15, 0.2) is 42.5 Å². The smallest absolute Gasteiger partial charge is 0.332 e. The highest BCUT2D eigenvalue weighted by Gasteiger charge is 2.18. The summed E-state index contributed by atoms with van der Waals surface area (Å²) in [4.78, 5) is 23.6. The van der Waals surface area contributed by atoms with Crippen LogP contribution in [0.2, 0.25) is 0 Å². The van der Waals surface area contributed by atoms with Gasteiger partial charge in [0.1, 0.15) is 11.9 Å². The second-order valence-electron chi connectivity index (χ2n) is 5.24. The molecule has 0 spiro atoms. The number of nitrogens with two attached hydrogens (primary N) is 1. The second-order valence-corrected chi connectivity index (χ2v) is 5.64. The van der Waals surface area contributed by atoms with Gasteiger partial charge in [-0.25, -0.2) is 13.5 Å². The molecule has 8 heteroatoms. The lowest BCUT2D eigenvalue weighted by atomic mass is 10.1. The minimum absolute atomic E-state index is 0.0371. The minimum Gasteiger partial charge on any atom is -0.366 e. The molecule has 2 aromatic carbocycles. The Bertz CT molecular complexity index is 866. The Hall–Kier alpha value is -3.05. The normalized spacial score (nSPS) is 11.3. The van der Waals surface area contributed by atoms with Crippen LogP contribution in [0.5, 0.6) is 0 Å². The van der Waals surface area contributed by atoms with E-state index < -0.39 is 23.8 Å². The largest absolute Gasteiger partial charge is 0.366 e. The van der Waals surface area contributed by atoms with Gasteiger partial charge in [0.2, 0.25) is 5.91 Å². The first kappa shape index (κ1) is 18.3. The van der Waals surface area contributed by atoms with Gasteiger partial charge >= 0.3 is 6.03 Å². The summed E-state index contributed by atoms with van der Waals surface area (Å²) in [6, 6.07) is 10.8. The van der Waals surface area contributed by atoms with Gasteiger partial charge in [0, 0.05) is 0 Å². The molecule has 0 bridgehead atoms. The quantitative estimate of drug-likeness (QED) is 0.733. The van der Waals surface area contributed by atoms with Crippen molar-refractivity contribution in [1.82, 2.24) is 5.32 Å². The van der Waals surface area contributed by atoms with E-state index in [9.17, 15) is 14.0 Å². The molecule has 0 aliphatic carbocycles. The molecule has 0 saturated carbocycles. The molecule has 3 amide bonds. The lowest BCUT2D eigenvalue weighted by Gasteiger charge is -2.21. The third-order valence-corrected chi connectivity index (χ3v) is 3.93. The van der Waals surface area contributed by atoms with E-state index in [0.29, 0.717) is 5.56 Å². The molecule has 0 aromatic heterocycles. The van der Waals surface area contributed by atoms with Crippen LogP contribution in [0, 0.1) is 17.1 Å². The molecule has 0 aliphatic heterocycles. The molecule has 1 unspecified atom stereocenters. The molecule has 0 radical (unpaired) electrons. The number of amides is 3. The van der Waals surface area contributed by atoms with Crippen LogP contribution in [0.4, 0.5) is 14.9 Å². The number of carbonyl (C=O) groups is 2. The number of urea groups is 1. The van der Waals surface area contributed by atoms with Crippen LogP contribution in [0.1, 0.15) is 34.5 Å². The third kappa shape index (κ3) is 4.28. The Morgan fingerprint density at radius 3 is 2.64 bits per heavy atom. The van der Waals surface area contributed by atoms with Gasteiger partial charge in [-0.1, -0.05) is 24.9 Å². The maximum Gasteiger partial charge on any atom is 0.332 e. The van der Waals surface area contributed by atoms with Crippen molar-refractivity contribution in [3.8, 4) is 6.07 Å². The van der Waals surface area contributed by atoms with E-state index in [1.54, 1.807) is 19.1 Å². The lowest BCUT2D eigenvalue weighted by Crippen LogP contribution is -2.35. The van der Waals surface area contributed by atoms with E-state index in [1.807, 2.05) is 6.07 Å². The number of nitrogens with one attached hydrogen (secondary N) is 1. The van der Waals surface area contributed by atoms with Crippen LogP contribution < -0.4 is 15.4 Å². The van der Waals surface area contributed by atoms with Gasteiger partial charge in [-0.05, 0) is 42.8 Å². The van der Waals surface area contributed by atoms with E-state index in [2.05, 4.69) is 18.1 Å². The fourth-order valence-electron chi connectivity index (χ4n) is 2.19. The number of nitrogens with zero attached hydrogens (tertiary/aromatic N) is 2. The Labute approximate surface area is 149 Å². The van der Waals surface area contributed by atoms with Gasteiger partial charge in [0.25, 0.3) is 0 Å². The van der Waals surface area contributed by atoms with E-state index in [4.69, 9.17) is 11.0 Å². The molecule has 3 N–H and O–H groups in total. The molecule has 2 aromatic rings. The van der Waals surface area contributed by atoms with Crippen molar-refractivity contribution in [3.63, 3.8) is 0 Å². The number of nitriles is 1. The average molecular weight is 358 g/mol. The molecule has 0 fully saturated rings. The number of hydrogen-bond donors (Lipinski definition) is 3. The minimum atomic E-state index is -0.738. The van der Waals surface area contributed by atoms with Crippen molar-refractivity contribution in [2.45, 2.75) is 13.0 Å². The number of halogens is 1. The number of primary amides is 1. The van der Waals surface area contributed by atoms with Crippen molar-refractivity contribution in [3.05, 3.63) is 65.0 Å². The fraction of sp³-hybridized carbons (Fsp3) is 0.118. The topological polar surface area (TPSA) is 99.2 Å². The van der Waals surface area contributed by atoms with E-state index >= 15 is 0 Å². The van der Waals surface area contributed by atoms with Crippen LogP contribution in [0.3, 0.4) is 0 Å². The van der Waals surface area contributed by atoms with Gasteiger partial charge < -0.3 is 11.1 Å². The standard InChI is InChI=1S/C17H15FN4O2S/c1-10(11-3-2-4-13(18)7-11)21-17(24)22(25)14-5-6-15(16(20)23)12(8-14)9-19/h2-8,10,25H,1H3,(H2,20,23)(H,21,24). The summed E-state index contributed by atoms with van der Waals surface area (Å²) in [7, 11) is 0. The summed E-state index contributed by atoms with van der Waals surface area (Å²) >= 11 is 4.12. The summed E-state index contributed by atoms with van der Waals surface area (Å²) in [5.41, 5.74) is 6.16. The van der Waals surface area contributed by atoms with Crippen molar-refractivity contribution < 1.29 is 14.0 Å². The average Bonchev–Trinajstić information content (AvgIpc) is 2.60. The van der Waals surface area contributed by atoms with Crippen molar-refractivity contribution >= 4 is 30.4 Å². The molecular weight excluding hydrogens is 343 g/mol. The van der Waals surface area contributed by atoms with Crippen LogP contribution in [-0.4, -0.2) is 11.9 Å². The highest BCUT2D eigenvalue weighted by Crippen LogP contribution is 2.22. The lowest BCUT2D eigenvalue weighted by molar-refractivity contribution is 0.1000. The number of carbonyl (C=O) groups excluding carboxylic acids is 2. The van der Waals surface area contributed by atoms with Crippen LogP contribution >= 0.6 is 12.8 Å². The van der Waals surface area contributed by atoms with Gasteiger partial charge in [-0.3, -0.25) is 4.79 Å². The summed E-state index contributed by atoms with van der Waals surface area (Å²) in [6.07, 6.45) is 0. The predicted molar refractivity (Wildman–Crippen MR) is 94.5 cm³/mol. The van der Waals surface area contributed by atoms with Gasteiger partial charge in [0.05, 0.1) is 22.9 Å². The zero-order valence-electron chi connectivity index (χ0n) is 13.2. The zero-order chi connectivity index (χ0) is 18.6. The zero-order valence-corrected chi connectivity index (χ0v) is 14.1. The highest BCUT2D eigenvalue weighted by molar-refractivity contribution is 7.82. The molecule has 0 aliphatic rings.